The monoisotopic (exact) mass is 278 g/mol. The molecule has 2 aromatic rings. The van der Waals surface area contributed by atoms with Crippen molar-refractivity contribution in [3.05, 3.63) is 16.3 Å². The number of aryl methyl sites for hydroxylation is 3. The summed E-state index contributed by atoms with van der Waals surface area (Å²) in [5, 5.41) is 2.21. The van der Waals surface area contributed by atoms with E-state index in [-0.39, 0.29) is 5.78 Å². The van der Waals surface area contributed by atoms with Crippen LogP contribution in [0.3, 0.4) is 0 Å². The SMILES string of the molecule is CC(=O)CSc1nc(C)nc2sc3c(c12)CCC3. The smallest absolute Gasteiger partial charge is 0.140 e. The molecule has 1 aliphatic rings. The highest BCUT2D eigenvalue weighted by atomic mass is 32.2. The van der Waals surface area contributed by atoms with Crippen LogP contribution >= 0.6 is 23.1 Å². The van der Waals surface area contributed by atoms with Crippen LogP contribution in [-0.4, -0.2) is 21.5 Å². The molecule has 0 saturated carbocycles. The van der Waals surface area contributed by atoms with Crippen LogP contribution in [0.25, 0.3) is 10.2 Å². The summed E-state index contributed by atoms with van der Waals surface area (Å²) in [7, 11) is 0. The second-order valence-corrected chi connectivity index (χ2v) is 6.65. The summed E-state index contributed by atoms with van der Waals surface area (Å²) in [6, 6.07) is 0. The van der Waals surface area contributed by atoms with Gasteiger partial charge in [0.1, 0.15) is 21.5 Å². The molecule has 3 nitrogen and oxygen atoms in total. The van der Waals surface area contributed by atoms with Gasteiger partial charge in [0, 0.05) is 10.3 Å². The molecular weight excluding hydrogens is 264 g/mol. The Bertz CT molecular complexity index is 633. The number of hydrogen-bond acceptors (Lipinski definition) is 5. The van der Waals surface area contributed by atoms with Gasteiger partial charge >= 0.3 is 0 Å². The Morgan fingerprint density at radius 3 is 3.00 bits per heavy atom. The van der Waals surface area contributed by atoms with Crippen molar-refractivity contribution in [2.24, 2.45) is 0 Å². The zero-order chi connectivity index (χ0) is 12.7. The van der Waals surface area contributed by atoms with Crippen molar-refractivity contribution >= 4 is 39.1 Å². The average Bonchev–Trinajstić information content (AvgIpc) is 2.84. The van der Waals surface area contributed by atoms with Crippen LogP contribution in [0.5, 0.6) is 0 Å². The molecule has 0 aliphatic heterocycles. The third kappa shape index (κ3) is 2.06. The third-order valence-corrected chi connectivity index (χ3v) is 5.36. The average molecular weight is 278 g/mol. The van der Waals surface area contributed by atoms with Crippen molar-refractivity contribution in [2.45, 2.75) is 38.1 Å². The molecule has 0 radical (unpaired) electrons. The summed E-state index contributed by atoms with van der Waals surface area (Å²) in [6.45, 7) is 3.54. The van der Waals surface area contributed by atoms with Gasteiger partial charge in [-0.3, -0.25) is 4.79 Å². The number of carbonyl (C=O) groups is 1. The number of thioether (sulfide) groups is 1. The molecule has 0 unspecified atom stereocenters. The lowest BCUT2D eigenvalue weighted by Gasteiger charge is -2.04. The van der Waals surface area contributed by atoms with E-state index in [1.165, 1.54) is 28.7 Å². The second-order valence-electron chi connectivity index (χ2n) is 4.60. The lowest BCUT2D eigenvalue weighted by atomic mass is 10.2. The van der Waals surface area contributed by atoms with E-state index in [1.807, 2.05) is 6.92 Å². The first-order valence-corrected chi connectivity index (χ1v) is 7.86. The molecule has 5 heteroatoms. The van der Waals surface area contributed by atoms with Crippen molar-refractivity contribution in [1.82, 2.24) is 9.97 Å². The predicted molar refractivity (Wildman–Crippen MR) is 75.6 cm³/mol. The van der Waals surface area contributed by atoms with Gasteiger partial charge in [-0.1, -0.05) is 11.8 Å². The maximum absolute atomic E-state index is 11.1. The molecule has 0 aromatic carbocycles. The molecule has 1 aliphatic carbocycles. The Kier molecular flexibility index (Phi) is 3.11. The van der Waals surface area contributed by atoms with E-state index in [2.05, 4.69) is 9.97 Å². The summed E-state index contributed by atoms with van der Waals surface area (Å²) in [5.74, 6) is 1.49. The molecule has 18 heavy (non-hydrogen) atoms. The predicted octanol–water partition coefficient (Wildman–Crippen LogP) is 3.17. The van der Waals surface area contributed by atoms with E-state index >= 15 is 0 Å². The van der Waals surface area contributed by atoms with Gasteiger partial charge in [0.25, 0.3) is 0 Å². The van der Waals surface area contributed by atoms with Gasteiger partial charge < -0.3 is 0 Å². The first kappa shape index (κ1) is 12.1. The van der Waals surface area contributed by atoms with E-state index in [0.29, 0.717) is 5.75 Å². The fraction of sp³-hybridized carbons (Fsp3) is 0.462. The molecular formula is C13H14N2OS2. The Morgan fingerprint density at radius 1 is 1.39 bits per heavy atom. The second kappa shape index (κ2) is 4.63. The van der Waals surface area contributed by atoms with Crippen LogP contribution in [0.15, 0.2) is 5.03 Å². The normalized spacial score (nSPS) is 14.1. The molecule has 0 atom stereocenters. The van der Waals surface area contributed by atoms with Crippen LogP contribution in [-0.2, 0) is 17.6 Å². The zero-order valence-electron chi connectivity index (χ0n) is 10.4. The number of hydrogen-bond donors (Lipinski definition) is 0. The number of aromatic nitrogens is 2. The molecule has 3 rings (SSSR count). The summed E-state index contributed by atoms with van der Waals surface area (Å²) in [6.07, 6.45) is 3.55. The van der Waals surface area contributed by atoms with E-state index in [0.717, 1.165) is 22.1 Å². The van der Waals surface area contributed by atoms with Gasteiger partial charge in [0.05, 0.1) is 5.75 Å². The molecule has 0 saturated heterocycles. The van der Waals surface area contributed by atoms with E-state index in [4.69, 9.17) is 0 Å². The lowest BCUT2D eigenvalue weighted by molar-refractivity contribution is -0.114. The molecule has 2 heterocycles. The Balaban J connectivity index is 2.13. The number of thiophene rings is 1. The Morgan fingerprint density at radius 2 is 2.22 bits per heavy atom. The highest BCUT2D eigenvalue weighted by Gasteiger charge is 2.22. The Hall–Kier alpha value is -0.940. The number of rotatable bonds is 3. The number of ketones is 1. The van der Waals surface area contributed by atoms with Gasteiger partial charge in [-0.05, 0) is 38.7 Å². The summed E-state index contributed by atoms with van der Waals surface area (Å²) in [5.41, 5.74) is 1.43. The van der Waals surface area contributed by atoms with Crippen LogP contribution in [0.2, 0.25) is 0 Å². The minimum atomic E-state index is 0.191. The van der Waals surface area contributed by atoms with Crippen LogP contribution in [0.1, 0.15) is 29.6 Å². The Labute approximate surface area is 114 Å². The first-order valence-electron chi connectivity index (χ1n) is 6.06. The number of carbonyl (C=O) groups excluding carboxylic acids is 1. The van der Waals surface area contributed by atoms with Gasteiger partial charge in [-0.25, -0.2) is 9.97 Å². The maximum atomic E-state index is 11.1. The van der Waals surface area contributed by atoms with E-state index < -0.39 is 0 Å². The fourth-order valence-corrected chi connectivity index (χ4v) is 4.61. The standard InChI is InChI=1S/C13H14N2OS2/c1-7(16)6-17-12-11-9-4-3-5-10(9)18-13(11)15-8(2)14-12/h3-6H2,1-2H3. The lowest BCUT2D eigenvalue weighted by Crippen LogP contribution is -1.97. The number of fused-ring (bicyclic) bond motifs is 3. The van der Waals surface area contributed by atoms with Gasteiger partial charge in [0.15, 0.2) is 0 Å². The third-order valence-electron chi connectivity index (χ3n) is 3.06. The van der Waals surface area contributed by atoms with Crippen molar-refractivity contribution < 1.29 is 4.79 Å². The molecule has 0 amide bonds. The first-order chi connectivity index (χ1) is 8.65. The van der Waals surface area contributed by atoms with Gasteiger partial charge in [-0.15, -0.1) is 11.3 Å². The van der Waals surface area contributed by atoms with Crippen molar-refractivity contribution in [3.8, 4) is 0 Å². The van der Waals surface area contributed by atoms with Crippen LogP contribution in [0, 0.1) is 6.92 Å². The van der Waals surface area contributed by atoms with Crippen molar-refractivity contribution in [2.75, 3.05) is 5.75 Å². The quantitative estimate of drug-likeness (QED) is 0.639. The largest absolute Gasteiger partial charge is 0.299 e. The maximum Gasteiger partial charge on any atom is 0.140 e. The molecule has 2 aromatic heterocycles. The molecule has 0 spiro atoms. The summed E-state index contributed by atoms with van der Waals surface area (Å²) < 4.78 is 0. The highest BCUT2D eigenvalue weighted by molar-refractivity contribution is 8.00. The summed E-state index contributed by atoms with van der Waals surface area (Å²) in [4.78, 5) is 22.8. The molecule has 0 fully saturated rings. The van der Waals surface area contributed by atoms with E-state index in [9.17, 15) is 4.79 Å². The minimum Gasteiger partial charge on any atom is -0.299 e. The minimum absolute atomic E-state index is 0.191. The topological polar surface area (TPSA) is 42.9 Å². The van der Waals surface area contributed by atoms with E-state index in [1.54, 1.807) is 30.0 Å². The molecule has 94 valence electrons. The molecule has 0 bridgehead atoms. The highest BCUT2D eigenvalue weighted by Crippen LogP contribution is 2.40. The van der Waals surface area contributed by atoms with Gasteiger partial charge in [0.2, 0.25) is 0 Å². The van der Waals surface area contributed by atoms with Crippen molar-refractivity contribution in [1.29, 1.82) is 0 Å². The zero-order valence-corrected chi connectivity index (χ0v) is 12.1. The van der Waals surface area contributed by atoms with Crippen molar-refractivity contribution in [3.63, 3.8) is 0 Å². The number of nitrogens with zero attached hydrogens (tertiary/aromatic N) is 2. The summed E-state index contributed by atoms with van der Waals surface area (Å²) >= 11 is 3.35. The number of Topliss-reactive ketones (excluding diaryl/α,β-unsaturated/α-hetero) is 1. The fourth-order valence-electron chi connectivity index (χ4n) is 2.34. The van der Waals surface area contributed by atoms with Crippen LogP contribution in [0.4, 0.5) is 0 Å². The van der Waals surface area contributed by atoms with Gasteiger partial charge in [-0.2, -0.15) is 0 Å². The molecule has 0 N–H and O–H groups in total. The van der Waals surface area contributed by atoms with Crippen LogP contribution < -0.4 is 0 Å².